The molecule has 206 valence electrons. The summed E-state index contributed by atoms with van der Waals surface area (Å²) in [6.07, 6.45) is 7.92. The molecule has 2 heterocycles. The highest BCUT2D eigenvalue weighted by molar-refractivity contribution is 6.40. The number of likely N-dealkylation sites (tertiary alicyclic amines) is 1. The van der Waals surface area contributed by atoms with E-state index in [1.165, 1.54) is 12.4 Å². The first-order valence-corrected chi connectivity index (χ1v) is 13.8. The zero-order valence-electron chi connectivity index (χ0n) is 22.3. The lowest BCUT2D eigenvalue weighted by molar-refractivity contribution is 0.0205. The maximum absolute atomic E-state index is 14.1. The van der Waals surface area contributed by atoms with Gasteiger partial charge in [0.25, 0.3) is 5.91 Å². The number of pyridine rings is 1. The van der Waals surface area contributed by atoms with Crippen molar-refractivity contribution in [3.05, 3.63) is 46.2 Å². The molecular formula is C28H35Cl2N3O5. The number of hydrogen-bond donors (Lipinski definition) is 0. The number of methoxy groups -OCH3 is 1. The van der Waals surface area contributed by atoms with Gasteiger partial charge in [0.1, 0.15) is 5.60 Å². The monoisotopic (exact) mass is 563 g/mol. The Morgan fingerprint density at radius 1 is 1.00 bits per heavy atom. The minimum Gasteiger partial charge on any atom is -0.493 e. The number of piperidine rings is 1. The molecule has 0 atom stereocenters. The second-order valence-electron chi connectivity index (χ2n) is 10.7. The van der Waals surface area contributed by atoms with Crippen LogP contribution in [0.3, 0.4) is 0 Å². The van der Waals surface area contributed by atoms with Crippen LogP contribution in [-0.2, 0) is 4.74 Å². The summed E-state index contributed by atoms with van der Waals surface area (Å²) in [5.74, 6) is 0.857. The fourth-order valence-corrected chi connectivity index (χ4v) is 5.48. The topological polar surface area (TPSA) is 81.2 Å². The van der Waals surface area contributed by atoms with Gasteiger partial charge in [-0.1, -0.05) is 23.2 Å². The molecule has 1 saturated carbocycles. The quantitative estimate of drug-likeness (QED) is 0.386. The third-order valence-corrected chi connectivity index (χ3v) is 7.36. The van der Waals surface area contributed by atoms with Crippen molar-refractivity contribution in [1.82, 2.24) is 9.88 Å². The summed E-state index contributed by atoms with van der Waals surface area (Å²) < 4.78 is 17.4. The van der Waals surface area contributed by atoms with Crippen molar-refractivity contribution in [2.24, 2.45) is 0 Å². The van der Waals surface area contributed by atoms with Gasteiger partial charge in [-0.15, -0.1) is 0 Å². The highest BCUT2D eigenvalue weighted by atomic mass is 35.5. The van der Waals surface area contributed by atoms with Gasteiger partial charge in [-0.2, -0.15) is 0 Å². The summed E-state index contributed by atoms with van der Waals surface area (Å²) in [4.78, 5) is 34.1. The molecule has 1 saturated heterocycles. The number of anilines is 1. The molecule has 10 heteroatoms. The second kappa shape index (κ2) is 12.0. The first-order valence-electron chi connectivity index (χ1n) is 13.0. The van der Waals surface area contributed by atoms with Crippen molar-refractivity contribution < 1.29 is 23.8 Å². The molecule has 8 nitrogen and oxygen atoms in total. The van der Waals surface area contributed by atoms with Crippen LogP contribution in [0.15, 0.2) is 30.6 Å². The summed E-state index contributed by atoms with van der Waals surface area (Å²) in [5.41, 5.74) is 0.249. The summed E-state index contributed by atoms with van der Waals surface area (Å²) in [6.45, 7) is 6.42. The smallest absolute Gasteiger partial charge is 0.410 e. The summed E-state index contributed by atoms with van der Waals surface area (Å²) in [6, 6.07) is 5.28. The Labute approximate surface area is 234 Å². The molecule has 0 bridgehead atoms. The normalized spacial score (nSPS) is 16.8. The molecule has 0 N–H and O–H groups in total. The lowest BCUT2D eigenvalue weighted by Crippen LogP contribution is -2.50. The Morgan fingerprint density at radius 2 is 1.63 bits per heavy atom. The molecule has 1 aliphatic heterocycles. The van der Waals surface area contributed by atoms with E-state index in [-0.39, 0.29) is 39.8 Å². The Hall–Kier alpha value is -2.71. The third-order valence-electron chi connectivity index (χ3n) is 6.79. The van der Waals surface area contributed by atoms with Gasteiger partial charge >= 0.3 is 6.09 Å². The number of aromatic nitrogens is 1. The van der Waals surface area contributed by atoms with Gasteiger partial charge in [-0.05, 0) is 71.4 Å². The molecule has 4 rings (SSSR count). The Bertz CT molecular complexity index is 1140. The average Bonchev–Trinajstić information content (AvgIpc) is 3.37. The van der Waals surface area contributed by atoms with E-state index in [9.17, 15) is 9.59 Å². The number of amides is 2. The van der Waals surface area contributed by atoms with Crippen LogP contribution in [0.25, 0.3) is 0 Å². The Balaban J connectivity index is 1.65. The molecule has 0 spiro atoms. The fourth-order valence-electron chi connectivity index (χ4n) is 4.96. The van der Waals surface area contributed by atoms with Crippen LogP contribution in [0.1, 0.15) is 69.7 Å². The fraction of sp³-hybridized carbons (Fsp3) is 0.536. The number of carbonyl (C=O) groups excluding carboxylic acids is 2. The number of ether oxygens (including phenoxy) is 3. The molecule has 1 aliphatic carbocycles. The summed E-state index contributed by atoms with van der Waals surface area (Å²) >= 11 is 12.8. The van der Waals surface area contributed by atoms with Crippen LogP contribution in [0.2, 0.25) is 10.0 Å². The van der Waals surface area contributed by atoms with Crippen LogP contribution < -0.4 is 14.4 Å². The van der Waals surface area contributed by atoms with Crippen molar-refractivity contribution in [3.8, 4) is 11.5 Å². The largest absolute Gasteiger partial charge is 0.493 e. The highest BCUT2D eigenvalue weighted by Crippen LogP contribution is 2.38. The third kappa shape index (κ3) is 6.64. The van der Waals surface area contributed by atoms with Gasteiger partial charge in [0, 0.05) is 43.3 Å². The maximum atomic E-state index is 14.1. The lowest BCUT2D eigenvalue weighted by Gasteiger charge is -2.39. The van der Waals surface area contributed by atoms with Crippen molar-refractivity contribution in [3.63, 3.8) is 0 Å². The number of benzene rings is 1. The van der Waals surface area contributed by atoms with Gasteiger partial charge < -0.3 is 24.0 Å². The average molecular weight is 565 g/mol. The second-order valence-corrected chi connectivity index (χ2v) is 11.5. The van der Waals surface area contributed by atoms with Gasteiger partial charge in [-0.25, -0.2) is 4.79 Å². The zero-order valence-corrected chi connectivity index (χ0v) is 23.8. The van der Waals surface area contributed by atoms with E-state index in [1.807, 2.05) is 39.0 Å². The van der Waals surface area contributed by atoms with Gasteiger partial charge in [0.15, 0.2) is 11.5 Å². The predicted molar refractivity (Wildman–Crippen MR) is 148 cm³/mol. The van der Waals surface area contributed by atoms with Crippen LogP contribution in [0.4, 0.5) is 10.5 Å². The van der Waals surface area contributed by atoms with E-state index in [2.05, 4.69) is 4.98 Å². The first kappa shape index (κ1) is 28.3. The van der Waals surface area contributed by atoms with E-state index in [0.29, 0.717) is 43.1 Å². The van der Waals surface area contributed by atoms with E-state index >= 15 is 0 Å². The molecule has 1 aromatic carbocycles. The highest BCUT2D eigenvalue weighted by Gasteiger charge is 2.35. The van der Waals surface area contributed by atoms with Crippen LogP contribution in [0.5, 0.6) is 11.5 Å². The van der Waals surface area contributed by atoms with Gasteiger partial charge in [0.2, 0.25) is 0 Å². The number of halogens is 2. The van der Waals surface area contributed by atoms with Crippen LogP contribution in [-0.4, -0.2) is 59.8 Å². The molecule has 2 amide bonds. The van der Waals surface area contributed by atoms with Crippen molar-refractivity contribution in [1.29, 1.82) is 0 Å². The predicted octanol–water partition coefficient (Wildman–Crippen LogP) is 6.76. The number of rotatable bonds is 6. The molecule has 2 fully saturated rings. The molecule has 0 unspecified atom stereocenters. The minimum absolute atomic E-state index is 0.115. The molecular weight excluding hydrogens is 529 g/mol. The van der Waals surface area contributed by atoms with E-state index in [4.69, 9.17) is 37.4 Å². The van der Waals surface area contributed by atoms with E-state index in [0.717, 1.165) is 25.7 Å². The molecule has 2 aromatic rings. The summed E-state index contributed by atoms with van der Waals surface area (Å²) in [7, 11) is 1.60. The first-order chi connectivity index (χ1) is 18.1. The van der Waals surface area contributed by atoms with Crippen molar-refractivity contribution >= 4 is 40.9 Å². The minimum atomic E-state index is -0.580. The summed E-state index contributed by atoms with van der Waals surface area (Å²) in [5, 5.41) is 0.351. The number of nitrogens with zero attached hydrogens (tertiary/aromatic N) is 3. The Kier molecular flexibility index (Phi) is 8.93. The molecule has 0 radical (unpaired) electrons. The molecule has 1 aromatic heterocycles. The standard InChI is InChI=1S/C28H35Cl2N3O5/c1-28(2,3)38-27(35)32-13-11-18(12-14-32)33(26(34)25-21(29)16-31-17-22(25)30)19-9-10-23(36-4)24(15-19)37-20-7-5-6-8-20/h9-10,15-18,20H,5-8,11-14H2,1-4H3. The van der Waals surface area contributed by atoms with E-state index < -0.39 is 5.60 Å². The Morgan fingerprint density at radius 3 is 2.21 bits per heavy atom. The maximum Gasteiger partial charge on any atom is 0.410 e. The lowest BCUT2D eigenvalue weighted by atomic mass is 10.0. The number of carbonyl (C=O) groups is 2. The molecule has 38 heavy (non-hydrogen) atoms. The SMILES string of the molecule is COc1ccc(N(C(=O)c2c(Cl)cncc2Cl)C2CCN(C(=O)OC(C)(C)C)CC2)cc1OC1CCCC1. The van der Waals surface area contributed by atoms with E-state index in [1.54, 1.807) is 16.9 Å². The van der Waals surface area contributed by atoms with Gasteiger partial charge in [-0.3, -0.25) is 9.78 Å². The van der Waals surface area contributed by atoms with Crippen LogP contribution in [0, 0.1) is 0 Å². The van der Waals surface area contributed by atoms with Gasteiger partial charge in [0.05, 0.1) is 28.8 Å². The van der Waals surface area contributed by atoms with Crippen molar-refractivity contribution in [2.45, 2.75) is 77.0 Å². The van der Waals surface area contributed by atoms with Crippen molar-refractivity contribution in [2.75, 3.05) is 25.1 Å². The van der Waals surface area contributed by atoms with Crippen LogP contribution >= 0.6 is 23.2 Å². The molecule has 2 aliphatic rings. The zero-order chi connectivity index (χ0) is 27.4. The number of hydrogen-bond acceptors (Lipinski definition) is 6.